The predicted octanol–water partition coefficient (Wildman–Crippen LogP) is 3.50. The quantitative estimate of drug-likeness (QED) is 0.934. The minimum absolute atomic E-state index is 0.745. The van der Waals surface area contributed by atoms with Gasteiger partial charge in [-0.05, 0) is 66.4 Å². The number of hydrogen-bond acceptors (Lipinski definition) is 2. The molecule has 1 aromatic heterocycles. The van der Waals surface area contributed by atoms with Crippen LogP contribution in [-0.2, 0) is 6.54 Å². The van der Waals surface area contributed by atoms with Gasteiger partial charge in [-0.2, -0.15) is 5.10 Å². The van der Waals surface area contributed by atoms with Gasteiger partial charge in [0, 0.05) is 22.8 Å². The summed E-state index contributed by atoms with van der Waals surface area (Å²) in [5.41, 5.74) is 4.61. The van der Waals surface area contributed by atoms with Crippen LogP contribution in [0.5, 0.6) is 0 Å². The molecule has 0 aliphatic heterocycles. The molecule has 100 valence electrons. The van der Waals surface area contributed by atoms with E-state index in [1.807, 2.05) is 11.6 Å². The summed E-state index contributed by atoms with van der Waals surface area (Å²) in [5, 5.41) is 8.06. The molecule has 2 aromatic rings. The second-order valence-electron chi connectivity index (χ2n) is 5.28. The summed E-state index contributed by atoms with van der Waals surface area (Å²) in [7, 11) is 0. The van der Waals surface area contributed by atoms with Crippen molar-refractivity contribution in [1.82, 2.24) is 15.1 Å². The molecule has 1 N–H and O–H groups in total. The van der Waals surface area contributed by atoms with Gasteiger partial charge in [-0.15, -0.1) is 0 Å². The number of rotatable bonds is 4. The lowest BCUT2D eigenvalue weighted by atomic mass is 10.2. The first-order valence-corrected chi connectivity index (χ1v) is 7.48. The smallest absolute Gasteiger partial charge is 0.0790 e. The lowest BCUT2D eigenvalue weighted by Crippen LogP contribution is -2.15. The molecule has 1 heterocycles. The van der Waals surface area contributed by atoms with Crippen molar-refractivity contribution in [1.29, 1.82) is 0 Å². The molecule has 0 unspecified atom stereocenters. The normalized spacial score (nSPS) is 14.9. The highest BCUT2D eigenvalue weighted by Gasteiger charge is 2.20. The molecule has 0 saturated heterocycles. The van der Waals surface area contributed by atoms with Crippen LogP contribution in [0.25, 0.3) is 5.69 Å². The van der Waals surface area contributed by atoms with E-state index in [-0.39, 0.29) is 0 Å². The molecule has 1 aliphatic carbocycles. The topological polar surface area (TPSA) is 29.9 Å². The first kappa shape index (κ1) is 12.9. The molecule has 19 heavy (non-hydrogen) atoms. The average Bonchev–Trinajstić information content (AvgIpc) is 3.12. The minimum atomic E-state index is 0.745. The van der Waals surface area contributed by atoms with Crippen molar-refractivity contribution in [3.63, 3.8) is 0 Å². The summed E-state index contributed by atoms with van der Waals surface area (Å²) in [4.78, 5) is 0. The summed E-state index contributed by atoms with van der Waals surface area (Å²) >= 11 is 3.66. The number of benzene rings is 1. The fourth-order valence-corrected chi connectivity index (χ4v) is 2.85. The SMILES string of the molecule is Cc1cc(C)n(-c2ccc(CNC3CC3)cc2Br)n1. The van der Waals surface area contributed by atoms with E-state index < -0.39 is 0 Å². The second kappa shape index (κ2) is 5.10. The number of halogens is 1. The predicted molar refractivity (Wildman–Crippen MR) is 80.6 cm³/mol. The highest BCUT2D eigenvalue weighted by Crippen LogP contribution is 2.25. The number of nitrogens with zero attached hydrogens (tertiary/aromatic N) is 2. The third-order valence-electron chi connectivity index (χ3n) is 3.42. The van der Waals surface area contributed by atoms with Gasteiger partial charge in [-0.1, -0.05) is 6.07 Å². The van der Waals surface area contributed by atoms with Crippen molar-refractivity contribution in [3.8, 4) is 5.69 Å². The van der Waals surface area contributed by atoms with E-state index in [4.69, 9.17) is 0 Å². The molecule has 1 saturated carbocycles. The molecule has 3 nitrogen and oxygen atoms in total. The van der Waals surface area contributed by atoms with Crippen molar-refractivity contribution >= 4 is 15.9 Å². The summed E-state index contributed by atoms with van der Waals surface area (Å²) in [6.07, 6.45) is 2.65. The van der Waals surface area contributed by atoms with Crippen LogP contribution in [0, 0.1) is 13.8 Å². The molecule has 0 spiro atoms. The van der Waals surface area contributed by atoms with E-state index >= 15 is 0 Å². The van der Waals surface area contributed by atoms with E-state index in [1.165, 1.54) is 18.4 Å². The fraction of sp³-hybridized carbons (Fsp3) is 0.400. The Balaban J connectivity index is 1.84. The standard InChI is InChI=1S/C15H18BrN3/c1-10-7-11(2)19(18-10)15-6-3-12(8-14(15)16)9-17-13-4-5-13/h3,6-8,13,17H,4-5,9H2,1-2H3. The lowest BCUT2D eigenvalue weighted by Gasteiger charge is -2.10. The highest BCUT2D eigenvalue weighted by atomic mass is 79.9. The van der Waals surface area contributed by atoms with Crippen molar-refractivity contribution < 1.29 is 0 Å². The molecule has 0 atom stereocenters. The van der Waals surface area contributed by atoms with Crippen molar-refractivity contribution in [2.75, 3.05) is 0 Å². The zero-order chi connectivity index (χ0) is 13.4. The van der Waals surface area contributed by atoms with Gasteiger partial charge >= 0.3 is 0 Å². The molecule has 1 aliphatic rings. The van der Waals surface area contributed by atoms with Gasteiger partial charge in [0.1, 0.15) is 0 Å². The van der Waals surface area contributed by atoms with Crippen molar-refractivity contribution in [3.05, 3.63) is 45.7 Å². The molecule has 0 amide bonds. The molecule has 1 fully saturated rings. The van der Waals surface area contributed by atoms with E-state index in [2.05, 4.69) is 57.5 Å². The third-order valence-corrected chi connectivity index (χ3v) is 4.06. The fourth-order valence-electron chi connectivity index (χ4n) is 2.25. The van der Waals surface area contributed by atoms with E-state index in [0.717, 1.165) is 34.1 Å². The van der Waals surface area contributed by atoms with Gasteiger partial charge in [-0.25, -0.2) is 4.68 Å². The summed E-state index contributed by atoms with van der Waals surface area (Å²) in [5.74, 6) is 0. The van der Waals surface area contributed by atoms with Crippen LogP contribution in [0.4, 0.5) is 0 Å². The largest absolute Gasteiger partial charge is 0.310 e. The molecular weight excluding hydrogens is 302 g/mol. The zero-order valence-corrected chi connectivity index (χ0v) is 12.9. The molecule has 3 rings (SSSR count). The van der Waals surface area contributed by atoms with E-state index in [9.17, 15) is 0 Å². The molecule has 4 heteroatoms. The summed E-state index contributed by atoms with van der Waals surface area (Å²) in [6, 6.07) is 9.32. The Morgan fingerprint density at radius 1 is 1.32 bits per heavy atom. The van der Waals surface area contributed by atoms with Crippen molar-refractivity contribution in [2.24, 2.45) is 0 Å². The van der Waals surface area contributed by atoms with Gasteiger partial charge in [0.05, 0.1) is 11.4 Å². The van der Waals surface area contributed by atoms with Crippen LogP contribution in [0.3, 0.4) is 0 Å². The summed E-state index contributed by atoms with van der Waals surface area (Å²) in [6.45, 7) is 5.04. The number of aryl methyl sites for hydroxylation is 2. The van der Waals surface area contributed by atoms with Crippen LogP contribution in [0.1, 0.15) is 29.8 Å². The Morgan fingerprint density at radius 3 is 2.68 bits per heavy atom. The highest BCUT2D eigenvalue weighted by molar-refractivity contribution is 9.10. The maximum atomic E-state index is 4.53. The Morgan fingerprint density at radius 2 is 2.11 bits per heavy atom. The Labute approximate surface area is 122 Å². The first-order chi connectivity index (χ1) is 9.13. The lowest BCUT2D eigenvalue weighted by molar-refractivity contribution is 0.687. The number of hydrogen-bond donors (Lipinski definition) is 1. The molecule has 0 radical (unpaired) electrons. The van der Waals surface area contributed by atoms with E-state index in [0.29, 0.717) is 0 Å². The first-order valence-electron chi connectivity index (χ1n) is 6.69. The second-order valence-corrected chi connectivity index (χ2v) is 6.13. The van der Waals surface area contributed by atoms with Crippen LogP contribution in [0.15, 0.2) is 28.7 Å². The summed E-state index contributed by atoms with van der Waals surface area (Å²) < 4.78 is 3.08. The van der Waals surface area contributed by atoms with Gasteiger partial charge < -0.3 is 5.32 Å². The van der Waals surface area contributed by atoms with Crippen molar-refractivity contribution in [2.45, 2.75) is 39.3 Å². The number of aromatic nitrogens is 2. The van der Waals surface area contributed by atoms with Gasteiger partial charge in [0.15, 0.2) is 0 Å². The van der Waals surface area contributed by atoms with Gasteiger partial charge in [-0.3, -0.25) is 0 Å². The Hall–Kier alpha value is -1.13. The van der Waals surface area contributed by atoms with Crippen LogP contribution in [-0.4, -0.2) is 15.8 Å². The van der Waals surface area contributed by atoms with Gasteiger partial charge in [0.25, 0.3) is 0 Å². The van der Waals surface area contributed by atoms with Crippen LogP contribution < -0.4 is 5.32 Å². The van der Waals surface area contributed by atoms with Crippen LogP contribution in [0.2, 0.25) is 0 Å². The van der Waals surface area contributed by atoms with Crippen LogP contribution >= 0.6 is 15.9 Å². The molecule has 1 aromatic carbocycles. The molecular formula is C15H18BrN3. The maximum Gasteiger partial charge on any atom is 0.0790 e. The Bertz CT molecular complexity index is 599. The Kier molecular flexibility index (Phi) is 3.46. The zero-order valence-electron chi connectivity index (χ0n) is 11.3. The average molecular weight is 320 g/mol. The third kappa shape index (κ3) is 2.90. The van der Waals surface area contributed by atoms with E-state index in [1.54, 1.807) is 0 Å². The number of nitrogens with one attached hydrogen (secondary N) is 1. The monoisotopic (exact) mass is 319 g/mol. The van der Waals surface area contributed by atoms with Gasteiger partial charge in [0.2, 0.25) is 0 Å². The minimum Gasteiger partial charge on any atom is -0.310 e. The molecule has 0 bridgehead atoms. The maximum absolute atomic E-state index is 4.53.